The molecule has 66 heavy (non-hydrogen) atoms. The van der Waals surface area contributed by atoms with Gasteiger partial charge in [0, 0.05) is 19.3 Å². The van der Waals surface area contributed by atoms with Crippen molar-refractivity contribution in [1.29, 1.82) is 0 Å². The lowest BCUT2D eigenvalue weighted by molar-refractivity contribution is -0.167. The molecular formula is C60H116O6. The molecular weight excluding hydrogens is 817 g/mol. The molecule has 0 aromatic heterocycles. The molecule has 0 saturated heterocycles. The van der Waals surface area contributed by atoms with Gasteiger partial charge < -0.3 is 14.2 Å². The van der Waals surface area contributed by atoms with Crippen molar-refractivity contribution in [2.45, 2.75) is 348 Å². The zero-order valence-electron chi connectivity index (χ0n) is 45.2. The second-order valence-electron chi connectivity index (χ2n) is 21.1. The normalized spacial score (nSPS) is 12.0. The summed E-state index contributed by atoms with van der Waals surface area (Å²) in [7, 11) is 0. The summed E-state index contributed by atoms with van der Waals surface area (Å²) >= 11 is 0. The van der Waals surface area contributed by atoms with Gasteiger partial charge in [-0.25, -0.2) is 0 Å². The Labute approximate surface area is 412 Å². The van der Waals surface area contributed by atoms with Crippen LogP contribution in [0.15, 0.2) is 0 Å². The molecule has 0 amide bonds. The molecule has 0 unspecified atom stereocenters. The topological polar surface area (TPSA) is 78.9 Å². The number of ether oxygens (including phenoxy) is 3. The molecule has 0 aromatic rings. The molecule has 0 aromatic carbocycles. The van der Waals surface area contributed by atoms with Crippen molar-refractivity contribution in [2.24, 2.45) is 5.92 Å². The van der Waals surface area contributed by atoms with Gasteiger partial charge in [0.05, 0.1) is 0 Å². The highest BCUT2D eigenvalue weighted by Gasteiger charge is 2.19. The number of hydrogen-bond donors (Lipinski definition) is 0. The van der Waals surface area contributed by atoms with Crippen molar-refractivity contribution in [3.63, 3.8) is 0 Å². The third-order valence-electron chi connectivity index (χ3n) is 13.8. The number of unbranched alkanes of at least 4 members (excludes halogenated alkanes) is 42. The van der Waals surface area contributed by atoms with Crippen LogP contribution < -0.4 is 0 Å². The van der Waals surface area contributed by atoms with Crippen molar-refractivity contribution in [3.8, 4) is 0 Å². The molecule has 0 heterocycles. The highest BCUT2D eigenvalue weighted by Crippen LogP contribution is 2.18. The molecule has 392 valence electrons. The molecule has 0 rings (SSSR count). The molecule has 1 atom stereocenters. The Morgan fingerprint density at radius 1 is 0.288 bits per heavy atom. The number of carbonyl (C=O) groups excluding carboxylic acids is 3. The van der Waals surface area contributed by atoms with Gasteiger partial charge in [-0.2, -0.15) is 0 Å². The second-order valence-corrected chi connectivity index (χ2v) is 21.1. The van der Waals surface area contributed by atoms with Crippen LogP contribution in [-0.2, 0) is 28.6 Å². The van der Waals surface area contributed by atoms with Crippen LogP contribution in [0.2, 0.25) is 0 Å². The Balaban J connectivity index is 4.29. The number of carbonyl (C=O) groups is 3. The van der Waals surface area contributed by atoms with E-state index in [0.29, 0.717) is 19.3 Å². The molecule has 0 fully saturated rings. The van der Waals surface area contributed by atoms with E-state index >= 15 is 0 Å². The van der Waals surface area contributed by atoms with Gasteiger partial charge in [-0.3, -0.25) is 14.4 Å². The SMILES string of the molecule is CCCCCCCCCCCCCCCCCCC(=O)OC[C@@H](COC(=O)CCCCCCCCCCCCCCCCC(C)C)OC(=O)CCCCCCCCCCCCCCCCC. The first-order chi connectivity index (χ1) is 32.4. The molecule has 0 N–H and O–H groups in total. The maximum absolute atomic E-state index is 12.9. The third kappa shape index (κ3) is 53.4. The van der Waals surface area contributed by atoms with E-state index in [1.165, 1.54) is 238 Å². The van der Waals surface area contributed by atoms with Crippen molar-refractivity contribution in [2.75, 3.05) is 13.2 Å². The molecule has 0 aliphatic carbocycles. The van der Waals surface area contributed by atoms with Gasteiger partial charge in [0.1, 0.15) is 13.2 Å². The van der Waals surface area contributed by atoms with Crippen molar-refractivity contribution >= 4 is 17.9 Å². The Kier molecular flexibility index (Phi) is 53.0. The Bertz CT molecular complexity index is 996. The lowest BCUT2D eigenvalue weighted by Gasteiger charge is -2.18. The smallest absolute Gasteiger partial charge is 0.306 e. The minimum absolute atomic E-state index is 0.0615. The van der Waals surface area contributed by atoms with Crippen LogP contribution in [0.1, 0.15) is 342 Å². The number of hydrogen-bond acceptors (Lipinski definition) is 6. The van der Waals surface area contributed by atoms with Gasteiger partial charge >= 0.3 is 17.9 Å². The summed E-state index contributed by atoms with van der Waals surface area (Å²) in [6.45, 7) is 9.08. The van der Waals surface area contributed by atoms with Crippen LogP contribution in [0, 0.1) is 5.92 Å². The van der Waals surface area contributed by atoms with Gasteiger partial charge in [-0.1, -0.05) is 304 Å². The molecule has 0 aliphatic heterocycles. The maximum Gasteiger partial charge on any atom is 0.306 e. The Morgan fingerprint density at radius 2 is 0.500 bits per heavy atom. The Hall–Kier alpha value is -1.59. The monoisotopic (exact) mass is 933 g/mol. The maximum atomic E-state index is 12.9. The van der Waals surface area contributed by atoms with Gasteiger partial charge in [0.2, 0.25) is 0 Å². The third-order valence-corrected chi connectivity index (χ3v) is 13.8. The first-order valence-electron chi connectivity index (χ1n) is 29.9. The average Bonchev–Trinajstić information content (AvgIpc) is 3.30. The molecule has 0 bridgehead atoms. The minimum Gasteiger partial charge on any atom is -0.462 e. The Morgan fingerprint density at radius 3 is 0.742 bits per heavy atom. The minimum atomic E-state index is -0.762. The van der Waals surface area contributed by atoms with Crippen LogP contribution in [0.4, 0.5) is 0 Å². The molecule has 0 radical (unpaired) electrons. The van der Waals surface area contributed by atoms with Crippen molar-refractivity contribution in [3.05, 3.63) is 0 Å². The van der Waals surface area contributed by atoms with Crippen LogP contribution in [0.5, 0.6) is 0 Å². The van der Waals surface area contributed by atoms with Crippen LogP contribution in [-0.4, -0.2) is 37.2 Å². The molecule has 0 aliphatic rings. The fourth-order valence-electron chi connectivity index (χ4n) is 9.28. The zero-order valence-corrected chi connectivity index (χ0v) is 45.2. The summed E-state index contributed by atoms with van der Waals surface area (Å²) in [5.41, 5.74) is 0. The predicted octanol–water partition coefficient (Wildman–Crippen LogP) is 19.8. The van der Waals surface area contributed by atoms with Crippen molar-refractivity contribution < 1.29 is 28.6 Å². The van der Waals surface area contributed by atoms with Crippen LogP contribution in [0.3, 0.4) is 0 Å². The van der Waals surface area contributed by atoms with E-state index in [9.17, 15) is 14.4 Å². The second kappa shape index (κ2) is 54.4. The van der Waals surface area contributed by atoms with E-state index in [2.05, 4.69) is 27.7 Å². The van der Waals surface area contributed by atoms with Crippen LogP contribution in [0.25, 0.3) is 0 Å². The highest BCUT2D eigenvalue weighted by atomic mass is 16.6. The molecule has 0 spiro atoms. The van der Waals surface area contributed by atoms with Gasteiger partial charge in [0.15, 0.2) is 6.10 Å². The summed E-state index contributed by atoms with van der Waals surface area (Å²) in [5, 5.41) is 0. The first kappa shape index (κ1) is 64.4. The summed E-state index contributed by atoms with van der Waals surface area (Å²) < 4.78 is 16.9. The lowest BCUT2D eigenvalue weighted by atomic mass is 10.0. The van der Waals surface area contributed by atoms with Gasteiger partial charge in [-0.15, -0.1) is 0 Å². The van der Waals surface area contributed by atoms with E-state index in [4.69, 9.17) is 14.2 Å². The standard InChI is InChI=1S/C60H116O6/c1-5-7-9-11-13-15-17-19-21-23-27-31-35-39-43-47-51-58(61)64-54-57(66-60(63)53-49-45-41-37-33-29-22-20-18-16-14-12-10-8-6-2)55-65-59(62)52-48-44-40-36-32-28-25-24-26-30-34-38-42-46-50-56(3)4/h56-57H,5-55H2,1-4H3/t57-/m0/s1. The zero-order chi connectivity index (χ0) is 48.1. The van der Waals surface area contributed by atoms with Gasteiger partial charge in [0.25, 0.3) is 0 Å². The van der Waals surface area contributed by atoms with E-state index in [1.807, 2.05) is 0 Å². The van der Waals surface area contributed by atoms with E-state index in [0.717, 1.165) is 63.7 Å². The fraction of sp³-hybridized carbons (Fsp3) is 0.950. The number of rotatable bonds is 55. The summed E-state index contributed by atoms with van der Waals surface area (Å²) in [5.74, 6) is 0.0129. The van der Waals surface area contributed by atoms with E-state index in [1.54, 1.807) is 0 Å². The molecule has 0 saturated carbocycles. The van der Waals surface area contributed by atoms with E-state index in [-0.39, 0.29) is 31.1 Å². The summed E-state index contributed by atoms with van der Waals surface area (Å²) in [6, 6.07) is 0. The largest absolute Gasteiger partial charge is 0.462 e. The molecule has 6 heteroatoms. The predicted molar refractivity (Wildman–Crippen MR) is 284 cm³/mol. The van der Waals surface area contributed by atoms with Crippen molar-refractivity contribution in [1.82, 2.24) is 0 Å². The van der Waals surface area contributed by atoms with Gasteiger partial charge in [-0.05, 0) is 25.2 Å². The van der Waals surface area contributed by atoms with E-state index < -0.39 is 6.10 Å². The summed E-state index contributed by atoms with van der Waals surface area (Å²) in [4.78, 5) is 38.2. The first-order valence-corrected chi connectivity index (χ1v) is 29.9. The number of esters is 3. The quantitative estimate of drug-likeness (QED) is 0.0343. The highest BCUT2D eigenvalue weighted by molar-refractivity contribution is 5.71. The fourth-order valence-corrected chi connectivity index (χ4v) is 9.28. The average molecular weight is 934 g/mol. The van der Waals surface area contributed by atoms with Crippen LogP contribution >= 0.6 is 0 Å². The molecule has 6 nitrogen and oxygen atoms in total. The summed E-state index contributed by atoms with van der Waals surface area (Å²) in [6.07, 6.45) is 59.5. The lowest BCUT2D eigenvalue weighted by Crippen LogP contribution is -2.30.